The van der Waals surface area contributed by atoms with Crippen molar-refractivity contribution in [2.75, 3.05) is 63.3 Å². The highest BCUT2D eigenvalue weighted by Gasteiger charge is 2.32. The molecule has 312 valence electrons. The van der Waals surface area contributed by atoms with Gasteiger partial charge in [0, 0.05) is 75.1 Å². The van der Waals surface area contributed by atoms with Gasteiger partial charge in [-0.3, -0.25) is 24.6 Å². The van der Waals surface area contributed by atoms with Crippen LogP contribution in [0, 0.1) is 11.8 Å². The maximum absolute atomic E-state index is 15.7. The van der Waals surface area contributed by atoms with Crippen LogP contribution in [0.15, 0.2) is 96.2 Å². The SMILES string of the molecule is COc1cc(S(C)(=O)=O)ccc1NCC#Cc1cc2c(N[C@H]3CCN(CC(=O)NCCN(Cc4ccccn4)Cc4ccccn4)C[C@H]3F)cccc2n1CC(F)(F)F. The Labute approximate surface area is 340 Å². The normalized spacial score (nSPS) is 16.1. The minimum Gasteiger partial charge on any atom is -0.495 e. The fourth-order valence-corrected chi connectivity index (χ4v) is 7.56. The molecule has 2 aromatic carbocycles. The molecule has 0 radical (unpaired) electrons. The Morgan fingerprint density at radius 3 is 2.34 bits per heavy atom. The molecule has 17 heteroatoms. The van der Waals surface area contributed by atoms with Crippen LogP contribution in [0.2, 0.25) is 0 Å². The van der Waals surface area contributed by atoms with Gasteiger partial charge in [0.15, 0.2) is 9.84 Å². The standard InChI is InChI=1S/C42H46F4N8O4S/c1-58-40-24-33(59(2,56)57)14-15-38(40)49-19-8-11-32-23-34-36(12-7-13-39(34)54(32)29-42(44,45)46)51-37-16-21-52(27-35(37)43)28-41(55)50-20-22-53(25-30-9-3-5-17-47-30)26-31-10-4-6-18-48-31/h3-7,9-10,12-15,17-18,23-24,35,37,49,51H,16,19-22,25-29H2,1-2H3,(H,50,55)/t35-,37+/m1/s1. The molecule has 5 aromatic rings. The van der Waals surface area contributed by atoms with Crippen molar-refractivity contribution >= 4 is 38.0 Å². The van der Waals surface area contributed by atoms with Gasteiger partial charge in [-0.15, -0.1) is 0 Å². The average Bonchev–Trinajstić information content (AvgIpc) is 3.54. The molecular formula is C42H46F4N8O4S. The number of anilines is 2. The average molecular weight is 835 g/mol. The van der Waals surface area contributed by atoms with E-state index in [0.29, 0.717) is 55.9 Å². The lowest BCUT2D eigenvalue weighted by atomic mass is 10.0. The third kappa shape index (κ3) is 12.2. The highest BCUT2D eigenvalue weighted by Crippen LogP contribution is 2.32. The van der Waals surface area contributed by atoms with Gasteiger partial charge in [-0.1, -0.05) is 24.1 Å². The van der Waals surface area contributed by atoms with E-state index in [0.717, 1.165) is 22.2 Å². The van der Waals surface area contributed by atoms with E-state index in [1.54, 1.807) is 41.6 Å². The number of likely N-dealkylation sites (tertiary alicyclic amines) is 1. The van der Waals surface area contributed by atoms with Gasteiger partial charge in [-0.2, -0.15) is 13.2 Å². The maximum atomic E-state index is 15.7. The lowest BCUT2D eigenvalue weighted by Gasteiger charge is -2.35. The van der Waals surface area contributed by atoms with Crippen LogP contribution in [0.5, 0.6) is 5.75 Å². The Bertz CT molecular complexity index is 2330. The van der Waals surface area contributed by atoms with Crippen molar-refractivity contribution in [1.82, 2.24) is 29.7 Å². The molecule has 0 bridgehead atoms. The zero-order valence-corrected chi connectivity index (χ0v) is 33.5. The van der Waals surface area contributed by atoms with Crippen LogP contribution in [-0.2, 0) is 34.3 Å². The molecule has 1 aliphatic heterocycles. The molecule has 1 fully saturated rings. The van der Waals surface area contributed by atoms with E-state index in [1.807, 2.05) is 36.4 Å². The largest absolute Gasteiger partial charge is 0.495 e. The number of nitrogens with one attached hydrogen (secondary N) is 3. The second-order valence-electron chi connectivity index (χ2n) is 14.3. The summed E-state index contributed by atoms with van der Waals surface area (Å²) < 4.78 is 87.4. The molecule has 6 rings (SSSR count). The molecule has 0 spiro atoms. The number of hydrogen-bond donors (Lipinski definition) is 3. The van der Waals surface area contributed by atoms with Crippen molar-refractivity contribution in [3.05, 3.63) is 108 Å². The number of rotatable bonds is 16. The number of carbonyl (C=O) groups excluding carboxylic acids is 1. The third-order valence-electron chi connectivity index (χ3n) is 9.78. The summed E-state index contributed by atoms with van der Waals surface area (Å²) in [6.07, 6.45) is -0.973. The van der Waals surface area contributed by atoms with Gasteiger partial charge in [-0.25, -0.2) is 12.8 Å². The second kappa shape index (κ2) is 19.4. The fraction of sp³-hybridized carbons (Fsp3) is 0.357. The van der Waals surface area contributed by atoms with E-state index in [1.165, 1.54) is 25.3 Å². The molecule has 1 saturated heterocycles. The number of carbonyl (C=O) groups is 1. The Morgan fingerprint density at radius 1 is 0.983 bits per heavy atom. The Balaban J connectivity index is 1.06. The zero-order chi connectivity index (χ0) is 42.0. The molecule has 1 amide bonds. The number of halogens is 4. The van der Waals surface area contributed by atoms with E-state index in [4.69, 9.17) is 4.74 Å². The van der Waals surface area contributed by atoms with E-state index < -0.39 is 34.8 Å². The summed E-state index contributed by atoms with van der Waals surface area (Å²) in [6, 6.07) is 21.6. The summed E-state index contributed by atoms with van der Waals surface area (Å²) in [6.45, 7) is 1.29. The van der Waals surface area contributed by atoms with Gasteiger partial charge in [0.2, 0.25) is 5.91 Å². The number of alkyl halides is 4. The molecule has 12 nitrogen and oxygen atoms in total. The fourth-order valence-electron chi connectivity index (χ4n) is 6.93. The number of piperidine rings is 1. The number of fused-ring (bicyclic) bond motifs is 1. The van der Waals surface area contributed by atoms with Crippen molar-refractivity contribution in [1.29, 1.82) is 0 Å². The number of benzene rings is 2. The third-order valence-corrected chi connectivity index (χ3v) is 10.9. The minimum absolute atomic E-state index is 0.00707. The molecule has 3 aromatic heterocycles. The van der Waals surface area contributed by atoms with Crippen LogP contribution in [0.4, 0.5) is 28.9 Å². The molecule has 4 heterocycles. The summed E-state index contributed by atoms with van der Waals surface area (Å²) >= 11 is 0. The summed E-state index contributed by atoms with van der Waals surface area (Å²) in [5.41, 5.74) is 3.12. The van der Waals surface area contributed by atoms with Crippen molar-refractivity contribution in [3.8, 4) is 17.6 Å². The first kappa shape index (κ1) is 42.9. The topological polar surface area (TPSA) is 134 Å². The number of aromatic nitrogens is 3. The van der Waals surface area contributed by atoms with Crippen molar-refractivity contribution in [2.24, 2.45) is 0 Å². The first-order valence-electron chi connectivity index (χ1n) is 19.0. The number of ether oxygens (including phenoxy) is 1. The zero-order valence-electron chi connectivity index (χ0n) is 32.7. The summed E-state index contributed by atoms with van der Waals surface area (Å²) in [5, 5.41) is 9.66. The summed E-state index contributed by atoms with van der Waals surface area (Å²) in [5.74, 6) is 5.73. The Morgan fingerprint density at radius 2 is 1.71 bits per heavy atom. The van der Waals surface area contributed by atoms with E-state index in [-0.39, 0.29) is 47.4 Å². The van der Waals surface area contributed by atoms with Crippen molar-refractivity contribution in [2.45, 2.75) is 49.3 Å². The van der Waals surface area contributed by atoms with Crippen LogP contribution in [-0.4, -0.2) is 110 Å². The molecule has 0 unspecified atom stereocenters. The van der Waals surface area contributed by atoms with Crippen LogP contribution in [0.25, 0.3) is 10.9 Å². The van der Waals surface area contributed by atoms with Crippen molar-refractivity contribution < 1.29 is 35.5 Å². The number of nitrogens with zero attached hydrogens (tertiary/aromatic N) is 5. The Kier molecular flexibility index (Phi) is 14.1. The number of sulfone groups is 1. The number of amides is 1. The van der Waals surface area contributed by atoms with Crippen LogP contribution >= 0.6 is 0 Å². The van der Waals surface area contributed by atoms with E-state index >= 15 is 4.39 Å². The first-order chi connectivity index (χ1) is 28.3. The monoisotopic (exact) mass is 834 g/mol. The van der Waals surface area contributed by atoms with Crippen LogP contribution in [0.1, 0.15) is 23.5 Å². The predicted molar refractivity (Wildman–Crippen MR) is 218 cm³/mol. The number of hydrogen-bond acceptors (Lipinski definition) is 10. The van der Waals surface area contributed by atoms with Gasteiger partial charge in [0.05, 0.1) is 59.4 Å². The molecule has 2 atom stereocenters. The van der Waals surface area contributed by atoms with Gasteiger partial charge >= 0.3 is 6.18 Å². The predicted octanol–water partition coefficient (Wildman–Crippen LogP) is 5.51. The smallest absolute Gasteiger partial charge is 0.406 e. The van der Waals surface area contributed by atoms with Gasteiger partial charge in [0.25, 0.3) is 0 Å². The summed E-state index contributed by atoms with van der Waals surface area (Å²) in [7, 11) is -2.08. The molecular weight excluding hydrogens is 789 g/mol. The van der Waals surface area contributed by atoms with Crippen molar-refractivity contribution in [3.63, 3.8) is 0 Å². The van der Waals surface area contributed by atoms with Gasteiger partial charge in [0.1, 0.15) is 18.5 Å². The lowest BCUT2D eigenvalue weighted by Crippen LogP contribution is -2.50. The second-order valence-corrected chi connectivity index (χ2v) is 16.3. The van der Waals surface area contributed by atoms with Crippen LogP contribution in [0.3, 0.4) is 0 Å². The molecule has 3 N–H and O–H groups in total. The molecule has 0 saturated carbocycles. The molecule has 1 aliphatic rings. The maximum Gasteiger partial charge on any atom is 0.406 e. The number of methoxy groups -OCH3 is 1. The van der Waals surface area contributed by atoms with E-state index in [9.17, 15) is 26.4 Å². The van der Waals surface area contributed by atoms with Gasteiger partial charge in [-0.05, 0) is 66.9 Å². The highest BCUT2D eigenvalue weighted by molar-refractivity contribution is 7.90. The van der Waals surface area contributed by atoms with E-state index in [2.05, 4.69) is 42.7 Å². The summed E-state index contributed by atoms with van der Waals surface area (Å²) in [4.78, 5) is 25.8. The van der Waals surface area contributed by atoms with Gasteiger partial charge < -0.3 is 25.3 Å². The van der Waals surface area contributed by atoms with Crippen LogP contribution < -0.4 is 20.7 Å². The first-order valence-corrected chi connectivity index (χ1v) is 20.9. The highest BCUT2D eigenvalue weighted by atomic mass is 32.2. The molecule has 0 aliphatic carbocycles. The minimum atomic E-state index is -4.54. The molecule has 59 heavy (non-hydrogen) atoms. The quantitative estimate of drug-likeness (QED) is 0.0864. The number of pyridine rings is 2. The Hall–Kier alpha value is -5.70. The lowest BCUT2D eigenvalue weighted by molar-refractivity contribution is -0.140.